The zero-order chi connectivity index (χ0) is 16.2. The molecule has 0 fully saturated rings. The molecule has 0 atom stereocenters. The van der Waals surface area contributed by atoms with Crippen molar-refractivity contribution in [2.75, 3.05) is 5.32 Å². The second kappa shape index (κ2) is 6.78. The summed E-state index contributed by atoms with van der Waals surface area (Å²) in [4.78, 5) is 12.3. The zero-order valence-electron chi connectivity index (χ0n) is 12.6. The largest absolute Gasteiger partial charge is 0.307 e. The number of hydrogen-bond donors (Lipinski definition) is 1. The van der Waals surface area contributed by atoms with Crippen molar-refractivity contribution in [1.29, 1.82) is 0 Å². The molecule has 2 heterocycles. The van der Waals surface area contributed by atoms with Gasteiger partial charge in [0.25, 0.3) is 5.91 Å². The molecule has 3 aromatic rings. The summed E-state index contributed by atoms with van der Waals surface area (Å²) in [5.41, 5.74) is 1.62. The molecule has 1 amide bonds. The van der Waals surface area contributed by atoms with E-state index in [1.54, 1.807) is 34.0 Å². The summed E-state index contributed by atoms with van der Waals surface area (Å²) in [6.45, 7) is 3.28. The quantitative estimate of drug-likeness (QED) is 0.746. The van der Waals surface area contributed by atoms with Crippen LogP contribution in [0.1, 0.15) is 22.8 Å². The minimum absolute atomic E-state index is 0.194. The van der Waals surface area contributed by atoms with E-state index >= 15 is 0 Å². The molecule has 3 rings (SSSR count). The number of carbonyl (C=O) groups is 1. The van der Waals surface area contributed by atoms with Gasteiger partial charge in [0.1, 0.15) is 5.82 Å². The molecule has 0 spiro atoms. The van der Waals surface area contributed by atoms with Crippen LogP contribution in [-0.2, 0) is 13.1 Å². The molecule has 7 heteroatoms. The fourth-order valence-electron chi connectivity index (χ4n) is 2.22. The number of amides is 1. The van der Waals surface area contributed by atoms with Crippen LogP contribution in [0.25, 0.3) is 0 Å². The lowest BCUT2D eigenvalue weighted by Crippen LogP contribution is -2.15. The van der Waals surface area contributed by atoms with E-state index in [0.717, 1.165) is 16.6 Å². The Kier molecular flexibility index (Phi) is 4.57. The third kappa shape index (κ3) is 3.68. The van der Waals surface area contributed by atoms with E-state index in [1.165, 1.54) is 0 Å². The van der Waals surface area contributed by atoms with E-state index in [-0.39, 0.29) is 5.91 Å². The molecule has 1 aromatic carbocycles. The van der Waals surface area contributed by atoms with Crippen LogP contribution in [0.3, 0.4) is 0 Å². The van der Waals surface area contributed by atoms with Gasteiger partial charge < -0.3 is 5.32 Å². The summed E-state index contributed by atoms with van der Waals surface area (Å²) in [5, 5.41) is 11.3. The molecule has 118 valence electrons. The lowest BCUT2D eigenvalue weighted by atomic mass is 10.2. The number of rotatable bonds is 5. The van der Waals surface area contributed by atoms with Gasteiger partial charge in [0, 0.05) is 23.3 Å². The Morgan fingerprint density at radius 2 is 2.17 bits per heavy atom. The number of nitrogens with zero attached hydrogens (tertiary/aromatic N) is 4. The highest BCUT2D eigenvalue weighted by Crippen LogP contribution is 2.15. The van der Waals surface area contributed by atoms with Crippen LogP contribution in [0.2, 0.25) is 0 Å². The number of hydrogen-bond acceptors (Lipinski definition) is 3. The SMILES string of the molecule is CCn1cc(C(=O)Nc2ccnn2Cc2cccc(Br)c2)cn1. The summed E-state index contributed by atoms with van der Waals surface area (Å²) >= 11 is 3.46. The second-order valence-corrected chi connectivity index (χ2v) is 5.96. The predicted molar refractivity (Wildman–Crippen MR) is 91.3 cm³/mol. The standard InChI is InChI=1S/C16H16BrN5O/c1-2-21-11-13(9-19-21)16(23)20-15-6-7-18-22(15)10-12-4-3-5-14(17)8-12/h3-9,11H,2,10H2,1H3,(H,20,23). The van der Waals surface area contributed by atoms with Crippen molar-refractivity contribution in [3.05, 3.63) is 64.5 Å². The van der Waals surface area contributed by atoms with Crippen LogP contribution in [0.4, 0.5) is 5.82 Å². The number of anilines is 1. The van der Waals surface area contributed by atoms with Crippen molar-refractivity contribution in [1.82, 2.24) is 19.6 Å². The lowest BCUT2D eigenvalue weighted by Gasteiger charge is -2.08. The van der Waals surface area contributed by atoms with Crippen LogP contribution in [0.15, 0.2) is 53.4 Å². The van der Waals surface area contributed by atoms with E-state index in [4.69, 9.17) is 0 Å². The van der Waals surface area contributed by atoms with E-state index in [0.29, 0.717) is 17.9 Å². The van der Waals surface area contributed by atoms with Gasteiger partial charge in [-0.05, 0) is 24.6 Å². The van der Waals surface area contributed by atoms with E-state index in [1.807, 2.05) is 31.2 Å². The van der Waals surface area contributed by atoms with Crippen LogP contribution in [0, 0.1) is 0 Å². The smallest absolute Gasteiger partial charge is 0.259 e. The third-order valence-corrected chi connectivity index (χ3v) is 3.89. The average Bonchev–Trinajstić information content (AvgIpc) is 3.17. The molecule has 0 saturated carbocycles. The van der Waals surface area contributed by atoms with Crippen molar-refractivity contribution < 1.29 is 4.79 Å². The molecule has 2 aromatic heterocycles. The summed E-state index contributed by atoms with van der Waals surface area (Å²) in [7, 11) is 0. The maximum Gasteiger partial charge on any atom is 0.259 e. The first-order valence-corrected chi connectivity index (χ1v) is 8.05. The molecule has 0 aliphatic rings. The third-order valence-electron chi connectivity index (χ3n) is 3.40. The molecule has 6 nitrogen and oxygen atoms in total. The second-order valence-electron chi connectivity index (χ2n) is 5.04. The summed E-state index contributed by atoms with van der Waals surface area (Å²) < 4.78 is 4.48. The van der Waals surface area contributed by atoms with Crippen molar-refractivity contribution >= 4 is 27.7 Å². The number of aromatic nitrogens is 4. The summed E-state index contributed by atoms with van der Waals surface area (Å²) in [6.07, 6.45) is 4.96. The normalized spacial score (nSPS) is 10.7. The molecule has 0 unspecified atom stereocenters. The van der Waals surface area contributed by atoms with Gasteiger partial charge in [0.15, 0.2) is 0 Å². The Morgan fingerprint density at radius 3 is 2.91 bits per heavy atom. The molecule has 0 aliphatic carbocycles. The van der Waals surface area contributed by atoms with E-state index in [9.17, 15) is 4.79 Å². The first-order chi connectivity index (χ1) is 11.2. The van der Waals surface area contributed by atoms with Gasteiger partial charge in [-0.15, -0.1) is 0 Å². The topological polar surface area (TPSA) is 64.7 Å². The van der Waals surface area contributed by atoms with Gasteiger partial charge >= 0.3 is 0 Å². The maximum absolute atomic E-state index is 12.3. The zero-order valence-corrected chi connectivity index (χ0v) is 14.2. The molecular weight excluding hydrogens is 358 g/mol. The summed E-state index contributed by atoms with van der Waals surface area (Å²) in [5.74, 6) is 0.458. The molecule has 0 bridgehead atoms. The van der Waals surface area contributed by atoms with Gasteiger partial charge in [0.2, 0.25) is 0 Å². The fourth-order valence-corrected chi connectivity index (χ4v) is 2.66. The van der Waals surface area contributed by atoms with Crippen molar-refractivity contribution in [2.24, 2.45) is 0 Å². The molecule has 1 N–H and O–H groups in total. The first kappa shape index (κ1) is 15.5. The number of carbonyl (C=O) groups excluding carboxylic acids is 1. The fraction of sp³-hybridized carbons (Fsp3) is 0.188. The number of nitrogens with one attached hydrogen (secondary N) is 1. The van der Waals surface area contributed by atoms with Gasteiger partial charge in [-0.1, -0.05) is 28.1 Å². The first-order valence-electron chi connectivity index (χ1n) is 7.26. The van der Waals surface area contributed by atoms with Crippen molar-refractivity contribution in [3.8, 4) is 0 Å². The Morgan fingerprint density at radius 1 is 1.30 bits per heavy atom. The average molecular weight is 374 g/mol. The number of halogens is 1. The highest BCUT2D eigenvalue weighted by atomic mass is 79.9. The Hall–Kier alpha value is -2.41. The van der Waals surface area contributed by atoms with Gasteiger partial charge in [-0.2, -0.15) is 10.2 Å². The van der Waals surface area contributed by atoms with Crippen molar-refractivity contribution in [2.45, 2.75) is 20.0 Å². The highest BCUT2D eigenvalue weighted by Gasteiger charge is 2.12. The Bertz CT molecular complexity index is 823. The number of aryl methyl sites for hydroxylation is 1. The van der Waals surface area contributed by atoms with Crippen LogP contribution < -0.4 is 5.32 Å². The number of benzene rings is 1. The van der Waals surface area contributed by atoms with Crippen LogP contribution in [0.5, 0.6) is 0 Å². The minimum atomic E-state index is -0.194. The molecule has 0 radical (unpaired) electrons. The highest BCUT2D eigenvalue weighted by molar-refractivity contribution is 9.10. The van der Waals surface area contributed by atoms with Gasteiger partial charge in [0.05, 0.1) is 24.5 Å². The van der Waals surface area contributed by atoms with Gasteiger partial charge in [-0.25, -0.2) is 4.68 Å². The maximum atomic E-state index is 12.3. The van der Waals surface area contributed by atoms with Gasteiger partial charge in [-0.3, -0.25) is 9.48 Å². The lowest BCUT2D eigenvalue weighted by molar-refractivity contribution is 0.102. The monoisotopic (exact) mass is 373 g/mol. The Labute approximate surface area is 142 Å². The molecular formula is C16H16BrN5O. The van der Waals surface area contributed by atoms with Crippen molar-refractivity contribution in [3.63, 3.8) is 0 Å². The molecule has 0 saturated heterocycles. The van der Waals surface area contributed by atoms with Crippen LogP contribution >= 0.6 is 15.9 Å². The van der Waals surface area contributed by atoms with E-state index < -0.39 is 0 Å². The minimum Gasteiger partial charge on any atom is -0.307 e. The molecule has 23 heavy (non-hydrogen) atoms. The molecule has 0 aliphatic heterocycles. The summed E-state index contributed by atoms with van der Waals surface area (Å²) in [6, 6.07) is 9.77. The van der Waals surface area contributed by atoms with Crippen LogP contribution in [-0.4, -0.2) is 25.5 Å². The predicted octanol–water partition coefficient (Wildman–Crippen LogP) is 3.16. The van der Waals surface area contributed by atoms with E-state index in [2.05, 4.69) is 31.4 Å². The Balaban J connectivity index is 1.74.